The van der Waals surface area contributed by atoms with Crippen LogP contribution in [0.4, 0.5) is 4.79 Å². The lowest BCUT2D eigenvalue weighted by Crippen LogP contribution is -2.42. The molecule has 2 heterocycles. The molecule has 0 unspecified atom stereocenters. The second-order valence-electron chi connectivity index (χ2n) is 5.38. The summed E-state index contributed by atoms with van der Waals surface area (Å²) in [6.07, 6.45) is 7.40. The molecular weight excluding hydrogens is 282 g/mol. The van der Waals surface area contributed by atoms with E-state index >= 15 is 0 Å². The van der Waals surface area contributed by atoms with Crippen molar-refractivity contribution in [2.45, 2.75) is 44.7 Å². The topological polar surface area (TPSA) is 92.9 Å². The van der Waals surface area contributed by atoms with Gasteiger partial charge in [-0.3, -0.25) is 4.98 Å². The summed E-state index contributed by atoms with van der Waals surface area (Å²) in [6, 6.07) is 5.55. The molecule has 0 atom stereocenters. The van der Waals surface area contributed by atoms with Crippen molar-refractivity contribution in [2.75, 3.05) is 0 Å². The predicted octanol–water partition coefficient (Wildman–Crippen LogP) is 2.26. The summed E-state index contributed by atoms with van der Waals surface area (Å²) in [4.78, 5) is 16.0. The maximum absolute atomic E-state index is 11.8. The fourth-order valence-electron chi connectivity index (χ4n) is 2.56. The van der Waals surface area contributed by atoms with Gasteiger partial charge in [0.2, 0.25) is 5.89 Å². The zero-order chi connectivity index (χ0) is 15.2. The SMILES string of the molecule is O=C(NCc1nnc(-c2ccccn2)o1)NC1CCCCC1. The van der Waals surface area contributed by atoms with Crippen LogP contribution in [0.3, 0.4) is 0 Å². The average molecular weight is 301 g/mol. The highest BCUT2D eigenvalue weighted by Gasteiger charge is 2.16. The van der Waals surface area contributed by atoms with Crippen LogP contribution in [-0.4, -0.2) is 27.3 Å². The molecule has 1 aliphatic rings. The molecule has 3 rings (SSSR count). The summed E-state index contributed by atoms with van der Waals surface area (Å²) < 4.78 is 5.48. The highest BCUT2D eigenvalue weighted by atomic mass is 16.4. The smallest absolute Gasteiger partial charge is 0.315 e. The molecule has 0 radical (unpaired) electrons. The molecule has 0 bridgehead atoms. The van der Waals surface area contributed by atoms with Gasteiger partial charge in [0.25, 0.3) is 5.89 Å². The minimum Gasteiger partial charge on any atom is -0.417 e. The fourth-order valence-corrected chi connectivity index (χ4v) is 2.56. The van der Waals surface area contributed by atoms with E-state index in [0.717, 1.165) is 12.8 Å². The zero-order valence-corrected chi connectivity index (χ0v) is 12.3. The standard InChI is InChI=1S/C15H19N5O2/c21-15(18-11-6-2-1-3-7-11)17-10-13-19-20-14(22-13)12-8-4-5-9-16-12/h4-5,8-9,11H,1-3,6-7,10H2,(H2,17,18,21). The van der Waals surface area contributed by atoms with Crippen molar-refractivity contribution < 1.29 is 9.21 Å². The third-order valence-corrected chi connectivity index (χ3v) is 3.69. The third-order valence-electron chi connectivity index (χ3n) is 3.69. The lowest BCUT2D eigenvalue weighted by atomic mass is 9.96. The molecule has 2 N–H and O–H groups in total. The lowest BCUT2D eigenvalue weighted by Gasteiger charge is -2.22. The minimum atomic E-state index is -0.190. The van der Waals surface area contributed by atoms with E-state index in [4.69, 9.17) is 4.42 Å². The molecule has 1 aliphatic carbocycles. The van der Waals surface area contributed by atoms with Crippen LogP contribution >= 0.6 is 0 Å². The van der Waals surface area contributed by atoms with Crippen LogP contribution in [0.5, 0.6) is 0 Å². The second-order valence-corrected chi connectivity index (χ2v) is 5.38. The first kappa shape index (κ1) is 14.5. The average Bonchev–Trinajstić information content (AvgIpc) is 3.04. The number of aromatic nitrogens is 3. The Morgan fingerprint density at radius 3 is 2.86 bits per heavy atom. The molecule has 1 saturated carbocycles. The Hall–Kier alpha value is -2.44. The van der Waals surface area contributed by atoms with Gasteiger partial charge in [0.1, 0.15) is 5.69 Å². The molecule has 0 saturated heterocycles. The van der Waals surface area contributed by atoms with Crippen LogP contribution in [0.1, 0.15) is 38.0 Å². The largest absolute Gasteiger partial charge is 0.417 e. The Morgan fingerprint density at radius 1 is 1.23 bits per heavy atom. The highest BCUT2D eigenvalue weighted by molar-refractivity contribution is 5.74. The molecule has 2 aromatic rings. The van der Waals surface area contributed by atoms with Crippen molar-refractivity contribution in [3.63, 3.8) is 0 Å². The van der Waals surface area contributed by atoms with Crippen molar-refractivity contribution in [2.24, 2.45) is 0 Å². The second kappa shape index (κ2) is 7.02. The maximum Gasteiger partial charge on any atom is 0.315 e. The lowest BCUT2D eigenvalue weighted by molar-refractivity contribution is 0.231. The molecule has 22 heavy (non-hydrogen) atoms. The van der Waals surface area contributed by atoms with Crippen LogP contribution in [0.25, 0.3) is 11.6 Å². The van der Waals surface area contributed by atoms with Crippen molar-refractivity contribution in [3.8, 4) is 11.6 Å². The van der Waals surface area contributed by atoms with E-state index in [-0.39, 0.29) is 18.6 Å². The Morgan fingerprint density at radius 2 is 2.09 bits per heavy atom. The molecule has 116 valence electrons. The van der Waals surface area contributed by atoms with Gasteiger partial charge >= 0.3 is 6.03 Å². The molecular formula is C15H19N5O2. The number of carbonyl (C=O) groups excluding carboxylic acids is 1. The monoisotopic (exact) mass is 301 g/mol. The number of urea groups is 1. The first-order valence-electron chi connectivity index (χ1n) is 7.59. The van der Waals surface area contributed by atoms with E-state index in [2.05, 4.69) is 25.8 Å². The first-order valence-corrected chi connectivity index (χ1v) is 7.59. The molecule has 0 aromatic carbocycles. The number of amides is 2. The third kappa shape index (κ3) is 3.81. The van der Waals surface area contributed by atoms with E-state index in [9.17, 15) is 4.79 Å². The molecule has 0 aliphatic heterocycles. The number of carbonyl (C=O) groups is 1. The first-order chi connectivity index (χ1) is 10.8. The van der Waals surface area contributed by atoms with Crippen LogP contribution in [0.15, 0.2) is 28.8 Å². The number of rotatable bonds is 4. The zero-order valence-electron chi connectivity index (χ0n) is 12.3. The fraction of sp³-hybridized carbons (Fsp3) is 0.467. The summed E-state index contributed by atoms with van der Waals surface area (Å²) in [5.74, 6) is 0.713. The Bertz CT molecular complexity index is 607. The van der Waals surface area contributed by atoms with Crippen molar-refractivity contribution in [1.82, 2.24) is 25.8 Å². The highest BCUT2D eigenvalue weighted by Crippen LogP contribution is 2.17. The summed E-state index contributed by atoms with van der Waals surface area (Å²) >= 11 is 0. The van der Waals surface area contributed by atoms with Gasteiger partial charge < -0.3 is 15.1 Å². The van der Waals surface area contributed by atoms with Crippen molar-refractivity contribution in [1.29, 1.82) is 0 Å². The van der Waals surface area contributed by atoms with E-state index in [1.807, 2.05) is 12.1 Å². The van der Waals surface area contributed by atoms with Gasteiger partial charge in [0.15, 0.2) is 0 Å². The van der Waals surface area contributed by atoms with E-state index in [0.29, 0.717) is 17.5 Å². The molecule has 0 spiro atoms. The van der Waals surface area contributed by atoms with E-state index in [1.165, 1.54) is 19.3 Å². The quantitative estimate of drug-likeness (QED) is 0.903. The number of hydrogen-bond donors (Lipinski definition) is 2. The summed E-state index contributed by atoms with van der Waals surface area (Å²) in [5.41, 5.74) is 0.618. The van der Waals surface area contributed by atoms with Crippen LogP contribution in [0, 0.1) is 0 Å². The van der Waals surface area contributed by atoms with Crippen molar-refractivity contribution >= 4 is 6.03 Å². The summed E-state index contributed by atoms with van der Waals surface area (Å²) in [5, 5.41) is 13.6. The maximum atomic E-state index is 11.8. The molecule has 1 fully saturated rings. The predicted molar refractivity (Wildman–Crippen MR) is 79.8 cm³/mol. The van der Waals surface area contributed by atoms with Gasteiger partial charge in [-0.25, -0.2) is 4.79 Å². The van der Waals surface area contributed by atoms with E-state index in [1.54, 1.807) is 12.3 Å². The van der Waals surface area contributed by atoms with Crippen molar-refractivity contribution in [3.05, 3.63) is 30.3 Å². The van der Waals surface area contributed by atoms with Gasteiger partial charge in [-0.1, -0.05) is 25.3 Å². The van der Waals surface area contributed by atoms with E-state index < -0.39 is 0 Å². The number of pyridine rings is 1. The molecule has 2 aromatic heterocycles. The van der Waals surface area contributed by atoms with Gasteiger partial charge in [-0.05, 0) is 25.0 Å². The molecule has 7 nitrogen and oxygen atoms in total. The Kier molecular flexibility index (Phi) is 4.62. The Balaban J connectivity index is 1.49. The number of nitrogens with one attached hydrogen (secondary N) is 2. The minimum absolute atomic E-state index is 0.190. The van der Waals surface area contributed by atoms with Gasteiger partial charge in [0.05, 0.1) is 6.54 Å². The van der Waals surface area contributed by atoms with Gasteiger partial charge in [0, 0.05) is 12.2 Å². The molecule has 2 amide bonds. The summed E-state index contributed by atoms with van der Waals surface area (Å²) in [7, 11) is 0. The Labute approximate surface area is 128 Å². The van der Waals surface area contributed by atoms with Gasteiger partial charge in [-0.2, -0.15) is 0 Å². The summed E-state index contributed by atoms with van der Waals surface area (Å²) in [6.45, 7) is 0.207. The number of nitrogens with zero attached hydrogens (tertiary/aromatic N) is 3. The number of hydrogen-bond acceptors (Lipinski definition) is 5. The van der Waals surface area contributed by atoms with Crippen LogP contribution in [-0.2, 0) is 6.54 Å². The normalized spacial score (nSPS) is 15.5. The molecule has 7 heteroatoms. The van der Waals surface area contributed by atoms with Gasteiger partial charge in [-0.15, -0.1) is 10.2 Å². The van der Waals surface area contributed by atoms with Crippen LogP contribution in [0.2, 0.25) is 0 Å². The van der Waals surface area contributed by atoms with Crippen LogP contribution < -0.4 is 10.6 Å².